The third kappa shape index (κ3) is 7.97. The van der Waals surface area contributed by atoms with Gasteiger partial charge < -0.3 is 15.0 Å². The van der Waals surface area contributed by atoms with Crippen LogP contribution in [0.3, 0.4) is 0 Å². The maximum absolute atomic E-state index is 13.8. The Balaban J connectivity index is 1.97. The number of hydrogen-bond donors (Lipinski definition) is 1. The minimum atomic E-state index is -4.16. The fourth-order valence-electron chi connectivity index (χ4n) is 4.03. The van der Waals surface area contributed by atoms with Crippen molar-refractivity contribution in [2.24, 2.45) is 0 Å². The number of carbonyl (C=O) groups excluding carboxylic acids is 2. The van der Waals surface area contributed by atoms with Gasteiger partial charge in [0.2, 0.25) is 11.8 Å². The van der Waals surface area contributed by atoms with E-state index in [1.807, 2.05) is 37.3 Å². The summed E-state index contributed by atoms with van der Waals surface area (Å²) in [6, 6.07) is 21.0. The lowest BCUT2D eigenvalue weighted by Gasteiger charge is -2.32. The summed E-state index contributed by atoms with van der Waals surface area (Å²) in [6.45, 7) is 5.89. The fourth-order valence-corrected chi connectivity index (χ4v) is 5.57. The van der Waals surface area contributed by atoms with Gasteiger partial charge in [-0.15, -0.1) is 0 Å². The van der Waals surface area contributed by atoms with Gasteiger partial charge in [-0.1, -0.05) is 41.9 Å². The summed E-state index contributed by atoms with van der Waals surface area (Å²) in [4.78, 5) is 28.0. The second kappa shape index (κ2) is 14.0. The maximum Gasteiger partial charge on any atom is 0.264 e. The molecule has 1 atom stereocenters. The van der Waals surface area contributed by atoms with Crippen molar-refractivity contribution in [2.45, 2.75) is 38.1 Å². The molecule has 0 fully saturated rings. The van der Waals surface area contributed by atoms with Gasteiger partial charge in [0.15, 0.2) is 0 Å². The zero-order valence-electron chi connectivity index (χ0n) is 22.3. The molecule has 3 rings (SSSR count). The van der Waals surface area contributed by atoms with Crippen LogP contribution in [-0.2, 0) is 26.0 Å². The molecule has 39 heavy (non-hydrogen) atoms. The SMILES string of the molecule is CCNC(=O)[C@H](C)N(CCc1ccccc1)C(=O)CN(c1ccc(OCC)cc1)S(=O)(=O)c1ccc(Cl)cc1. The highest BCUT2D eigenvalue weighted by molar-refractivity contribution is 7.92. The van der Waals surface area contributed by atoms with Crippen molar-refractivity contribution in [2.75, 3.05) is 30.5 Å². The van der Waals surface area contributed by atoms with Crippen molar-refractivity contribution < 1.29 is 22.7 Å². The van der Waals surface area contributed by atoms with Crippen LogP contribution in [0.15, 0.2) is 83.8 Å². The predicted molar refractivity (Wildman–Crippen MR) is 154 cm³/mol. The van der Waals surface area contributed by atoms with E-state index in [1.54, 1.807) is 38.1 Å². The third-order valence-electron chi connectivity index (χ3n) is 6.12. The van der Waals surface area contributed by atoms with Gasteiger partial charge in [-0.3, -0.25) is 13.9 Å². The fraction of sp³-hybridized carbons (Fsp3) is 0.310. The topological polar surface area (TPSA) is 96.0 Å². The molecule has 0 aromatic heterocycles. The molecule has 1 N–H and O–H groups in total. The van der Waals surface area contributed by atoms with Gasteiger partial charge in [0.1, 0.15) is 18.3 Å². The van der Waals surface area contributed by atoms with Crippen LogP contribution in [0.25, 0.3) is 0 Å². The zero-order valence-corrected chi connectivity index (χ0v) is 23.9. The average Bonchev–Trinajstić information content (AvgIpc) is 2.93. The highest BCUT2D eigenvalue weighted by atomic mass is 35.5. The van der Waals surface area contributed by atoms with Gasteiger partial charge in [-0.25, -0.2) is 8.42 Å². The Hall–Kier alpha value is -3.56. The molecule has 0 spiro atoms. The van der Waals surface area contributed by atoms with Crippen molar-refractivity contribution in [3.8, 4) is 5.75 Å². The first-order valence-electron chi connectivity index (χ1n) is 12.8. The number of rotatable bonds is 13. The summed E-state index contributed by atoms with van der Waals surface area (Å²) in [5.74, 6) is -0.242. The number of amides is 2. The number of ether oxygens (including phenoxy) is 1. The molecule has 3 aromatic rings. The Kier molecular flexibility index (Phi) is 10.8. The number of carbonyl (C=O) groups is 2. The number of anilines is 1. The highest BCUT2D eigenvalue weighted by Gasteiger charge is 2.32. The third-order valence-corrected chi connectivity index (χ3v) is 8.16. The van der Waals surface area contributed by atoms with E-state index >= 15 is 0 Å². The summed E-state index contributed by atoms with van der Waals surface area (Å²) in [6.07, 6.45) is 0.503. The molecule has 0 aliphatic rings. The number of nitrogens with zero attached hydrogens (tertiary/aromatic N) is 2. The van der Waals surface area contributed by atoms with Crippen LogP contribution in [0.5, 0.6) is 5.75 Å². The van der Waals surface area contributed by atoms with E-state index in [0.717, 1.165) is 9.87 Å². The Morgan fingerprint density at radius 1 is 0.949 bits per heavy atom. The highest BCUT2D eigenvalue weighted by Crippen LogP contribution is 2.27. The van der Waals surface area contributed by atoms with E-state index in [4.69, 9.17) is 16.3 Å². The van der Waals surface area contributed by atoms with E-state index in [1.165, 1.54) is 29.2 Å². The van der Waals surface area contributed by atoms with E-state index < -0.39 is 28.5 Å². The van der Waals surface area contributed by atoms with Crippen molar-refractivity contribution in [3.05, 3.63) is 89.4 Å². The molecule has 0 saturated heterocycles. The van der Waals surface area contributed by atoms with Crippen molar-refractivity contribution in [1.82, 2.24) is 10.2 Å². The van der Waals surface area contributed by atoms with Gasteiger partial charge in [-0.2, -0.15) is 0 Å². The van der Waals surface area contributed by atoms with Crippen molar-refractivity contribution >= 4 is 39.1 Å². The summed E-state index contributed by atoms with van der Waals surface area (Å²) in [5, 5.41) is 3.14. The van der Waals surface area contributed by atoms with Crippen LogP contribution < -0.4 is 14.4 Å². The molecule has 0 aliphatic carbocycles. The summed E-state index contributed by atoms with van der Waals surface area (Å²) < 4.78 is 34.1. The van der Waals surface area contributed by atoms with Gasteiger partial charge in [-0.05, 0) is 81.3 Å². The molecule has 8 nitrogen and oxygen atoms in total. The van der Waals surface area contributed by atoms with Gasteiger partial charge in [0, 0.05) is 18.1 Å². The molecule has 0 heterocycles. The first kappa shape index (κ1) is 30.0. The zero-order chi connectivity index (χ0) is 28.4. The molecule has 208 valence electrons. The van der Waals surface area contributed by atoms with Crippen molar-refractivity contribution in [3.63, 3.8) is 0 Å². The van der Waals surface area contributed by atoms with Crippen LogP contribution in [0, 0.1) is 0 Å². The van der Waals surface area contributed by atoms with E-state index in [-0.39, 0.29) is 23.0 Å². The molecule has 0 aliphatic heterocycles. The van der Waals surface area contributed by atoms with E-state index in [2.05, 4.69) is 5.32 Å². The monoisotopic (exact) mass is 571 g/mol. The smallest absolute Gasteiger partial charge is 0.264 e. The quantitative estimate of drug-likeness (QED) is 0.325. The first-order chi connectivity index (χ1) is 18.7. The largest absolute Gasteiger partial charge is 0.494 e. The Morgan fingerprint density at radius 3 is 2.18 bits per heavy atom. The summed E-state index contributed by atoms with van der Waals surface area (Å²) in [5.41, 5.74) is 1.28. The second-order valence-electron chi connectivity index (χ2n) is 8.79. The standard InChI is InChI=1S/C29H34ClN3O5S/c1-4-31-29(35)22(3)32(20-19-23-9-7-6-8-10-23)28(34)21-33(25-13-15-26(16-14-25)38-5-2)39(36,37)27-17-11-24(30)12-18-27/h6-18,22H,4-5,19-21H2,1-3H3,(H,31,35)/t22-/m0/s1. The van der Waals surface area contributed by atoms with Gasteiger partial charge in [0.25, 0.3) is 10.0 Å². The molecule has 3 aromatic carbocycles. The second-order valence-corrected chi connectivity index (χ2v) is 11.1. The first-order valence-corrected chi connectivity index (χ1v) is 14.6. The molecule has 0 bridgehead atoms. The lowest BCUT2D eigenvalue weighted by molar-refractivity contribution is -0.138. The normalized spacial score (nSPS) is 11.9. The number of sulfonamides is 1. The Bertz CT molecular complexity index is 1330. The molecule has 10 heteroatoms. The summed E-state index contributed by atoms with van der Waals surface area (Å²) >= 11 is 5.99. The Labute approximate surface area is 235 Å². The van der Waals surface area contributed by atoms with Crippen molar-refractivity contribution in [1.29, 1.82) is 0 Å². The number of benzene rings is 3. The maximum atomic E-state index is 13.8. The van der Waals surface area contributed by atoms with Crippen LogP contribution in [0.2, 0.25) is 5.02 Å². The number of nitrogens with one attached hydrogen (secondary N) is 1. The lowest BCUT2D eigenvalue weighted by atomic mass is 10.1. The molecular formula is C29H34ClN3O5S. The minimum Gasteiger partial charge on any atom is -0.494 e. The van der Waals surface area contributed by atoms with Crippen LogP contribution >= 0.6 is 11.6 Å². The van der Waals surface area contributed by atoms with Crippen LogP contribution in [0.1, 0.15) is 26.3 Å². The van der Waals surface area contributed by atoms with E-state index in [0.29, 0.717) is 30.3 Å². The van der Waals surface area contributed by atoms with Crippen LogP contribution in [0.4, 0.5) is 5.69 Å². The summed E-state index contributed by atoms with van der Waals surface area (Å²) in [7, 11) is -4.16. The average molecular weight is 572 g/mol. The molecule has 2 amide bonds. The molecular weight excluding hydrogens is 538 g/mol. The minimum absolute atomic E-state index is 0.0128. The molecule has 0 radical (unpaired) electrons. The Morgan fingerprint density at radius 2 is 1.59 bits per heavy atom. The predicted octanol–water partition coefficient (Wildman–Crippen LogP) is 4.53. The lowest BCUT2D eigenvalue weighted by Crippen LogP contribution is -2.52. The van der Waals surface area contributed by atoms with Crippen LogP contribution in [-0.4, -0.2) is 57.4 Å². The van der Waals surface area contributed by atoms with Gasteiger partial charge in [0.05, 0.1) is 17.2 Å². The van der Waals surface area contributed by atoms with Gasteiger partial charge >= 0.3 is 0 Å². The number of halogens is 1. The molecule has 0 unspecified atom stereocenters. The molecule has 0 saturated carbocycles. The number of hydrogen-bond acceptors (Lipinski definition) is 5. The number of likely N-dealkylation sites (N-methyl/N-ethyl adjacent to an activating group) is 1. The van der Waals surface area contributed by atoms with E-state index in [9.17, 15) is 18.0 Å².